The molecule has 0 bridgehead atoms. The molecule has 0 N–H and O–H groups in total. The molecule has 298 valence electrons. The van der Waals surface area contributed by atoms with Gasteiger partial charge < -0.3 is 8.80 Å². The highest BCUT2D eigenvalue weighted by molar-refractivity contribution is 6.29. The Morgan fingerprint density at radius 2 is 0.776 bits per heavy atom. The summed E-state index contributed by atoms with van der Waals surface area (Å²) in [6.45, 7) is 33.8. The Balaban J connectivity index is 1.36. The van der Waals surface area contributed by atoms with Crippen molar-refractivity contribution in [2.24, 2.45) is 0 Å². The van der Waals surface area contributed by atoms with Crippen LogP contribution in [0.15, 0.2) is 48.8 Å². The normalized spacial score (nSPS) is 19.7. The highest BCUT2D eigenvalue weighted by atomic mass is 15.0. The van der Waals surface area contributed by atoms with Gasteiger partial charge in [0.2, 0.25) is 0 Å². The predicted octanol–water partition coefficient (Wildman–Crippen LogP) is 14.8. The largest absolute Gasteiger partial charge is 0.306 e. The fourth-order valence-corrected chi connectivity index (χ4v) is 12.2. The van der Waals surface area contributed by atoms with Gasteiger partial charge in [-0.15, -0.1) is 0 Å². The van der Waals surface area contributed by atoms with Gasteiger partial charge in [-0.05, 0) is 106 Å². The Bertz CT molecular complexity index is 3010. The molecule has 2 aliphatic carbocycles. The molecule has 0 saturated heterocycles. The van der Waals surface area contributed by atoms with Crippen LogP contribution in [-0.4, -0.2) is 18.8 Å². The van der Waals surface area contributed by atoms with Gasteiger partial charge in [-0.2, -0.15) is 0 Å². The summed E-state index contributed by atoms with van der Waals surface area (Å²) in [6.07, 6.45) is 11.6. The Morgan fingerprint density at radius 3 is 1.14 bits per heavy atom. The molecule has 0 aliphatic heterocycles. The lowest BCUT2D eigenvalue weighted by Crippen LogP contribution is -2.24. The summed E-state index contributed by atoms with van der Waals surface area (Å²) in [5.41, 5.74) is 16.1. The topological polar surface area (TPSA) is 34.6 Å². The van der Waals surface area contributed by atoms with Crippen LogP contribution in [0.1, 0.15) is 169 Å². The van der Waals surface area contributed by atoms with Crippen molar-refractivity contribution in [3.05, 3.63) is 82.4 Å². The minimum absolute atomic E-state index is 0.0101. The minimum Gasteiger partial charge on any atom is -0.306 e. The standard InChI is InChI=1S/C54H62N4/c1-49(2,3)29-21-33-31-25-38-32(26-37(31)57-39-27-55-47-43(41(39)35(23-29)45(33)57)51(7,8)17-15-19-53(47,11)12)34-22-30(50(4,5)6)24-36-42-40(58(38)46(34)36)28-56-48-44(42)52(9,10)18-16-20-54(48,13)14/h21-28H,15-20H2,1-14H3. The van der Waals surface area contributed by atoms with Crippen LogP contribution < -0.4 is 0 Å². The number of aromatic nitrogens is 4. The van der Waals surface area contributed by atoms with Gasteiger partial charge in [0, 0.05) is 53.9 Å². The molecule has 9 aromatic rings. The van der Waals surface area contributed by atoms with E-state index in [4.69, 9.17) is 9.97 Å². The Morgan fingerprint density at radius 1 is 0.431 bits per heavy atom. The van der Waals surface area contributed by atoms with Crippen LogP contribution in [0.4, 0.5) is 0 Å². The van der Waals surface area contributed by atoms with E-state index in [1.165, 1.54) is 148 Å². The number of hydrogen-bond donors (Lipinski definition) is 0. The van der Waals surface area contributed by atoms with Gasteiger partial charge in [0.05, 0.1) is 56.9 Å². The van der Waals surface area contributed by atoms with E-state index < -0.39 is 0 Å². The summed E-state index contributed by atoms with van der Waals surface area (Å²) < 4.78 is 5.21. The minimum atomic E-state index is -0.0101. The monoisotopic (exact) mass is 766 g/mol. The molecule has 11 rings (SSSR count). The average Bonchev–Trinajstić information content (AvgIpc) is 3.81. The summed E-state index contributed by atoms with van der Waals surface area (Å²) in [4.78, 5) is 10.9. The maximum atomic E-state index is 5.46. The number of nitrogens with zero attached hydrogens (tertiary/aromatic N) is 4. The third-order valence-corrected chi connectivity index (χ3v) is 15.6. The highest BCUT2D eigenvalue weighted by Gasteiger charge is 2.41. The van der Waals surface area contributed by atoms with E-state index in [0.717, 1.165) is 0 Å². The predicted molar refractivity (Wildman–Crippen MR) is 249 cm³/mol. The van der Waals surface area contributed by atoms with Crippen molar-refractivity contribution in [1.82, 2.24) is 18.8 Å². The van der Waals surface area contributed by atoms with E-state index in [0.29, 0.717) is 0 Å². The zero-order chi connectivity index (χ0) is 41.0. The fraction of sp³-hybridized carbons (Fsp3) is 0.481. The Labute approximate surface area is 344 Å². The number of pyridine rings is 2. The second kappa shape index (κ2) is 10.8. The average molecular weight is 767 g/mol. The third-order valence-electron chi connectivity index (χ3n) is 15.6. The molecular weight excluding hydrogens is 705 g/mol. The molecule has 6 heterocycles. The van der Waals surface area contributed by atoms with Crippen LogP contribution in [0.3, 0.4) is 0 Å². The van der Waals surface area contributed by atoms with Gasteiger partial charge in [0.25, 0.3) is 0 Å². The van der Waals surface area contributed by atoms with Gasteiger partial charge in [-0.25, -0.2) is 0 Å². The molecule has 0 unspecified atom stereocenters. The number of rotatable bonds is 0. The second-order valence-corrected chi connectivity index (χ2v) is 23.6. The van der Waals surface area contributed by atoms with E-state index in [1.807, 2.05) is 0 Å². The van der Waals surface area contributed by atoms with Crippen molar-refractivity contribution in [1.29, 1.82) is 0 Å². The molecule has 0 atom stereocenters. The molecule has 58 heavy (non-hydrogen) atoms. The van der Waals surface area contributed by atoms with Crippen molar-refractivity contribution in [3.63, 3.8) is 0 Å². The first-order valence-corrected chi connectivity index (χ1v) is 22.3. The van der Waals surface area contributed by atoms with Gasteiger partial charge >= 0.3 is 0 Å². The molecule has 0 fully saturated rings. The maximum Gasteiger partial charge on any atom is 0.0728 e. The summed E-state index contributed by atoms with van der Waals surface area (Å²) in [5, 5.41) is 11.0. The van der Waals surface area contributed by atoms with Crippen LogP contribution in [-0.2, 0) is 32.5 Å². The van der Waals surface area contributed by atoms with Crippen LogP contribution in [0, 0.1) is 0 Å². The van der Waals surface area contributed by atoms with E-state index in [-0.39, 0.29) is 32.5 Å². The SMILES string of the molecule is CC(C)(C)c1cc2c3cc4c(cc3n3c5cnc6c(c5c(c1)c23)C(C)(C)CCCC6(C)C)c1cc(C(C)(C)C)cc2c3c5c(ncc3n4c12)C(C)(C)CCCC5(C)C. The van der Waals surface area contributed by atoms with Crippen LogP contribution in [0.5, 0.6) is 0 Å². The lowest BCUT2D eigenvalue weighted by Gasteiger charge is -2.30. The Hall–Kier alpha value is -4.44. The van der Waals surface area contributed by atoms with Crippen LogP contribution in [0.2, 0.25) is 0 Å². The summed E-state index contributed by atoms with van der Waals surface area (Å²) in [6, 6.07) is 15.2. The molecule has 0 amide bonds. The van der Waals surface area contributed by atoms with Crippen molar-refractivity contribution in [2.45, 2.75) is 168 Å². The van der Waals surface area contributed by atoms with Crippen LogP contribution >= 0.6 is 0 Å². The van der Waals surface area contributed by atoms with E-state index >= 15 is 0 Å². The van der Waals surface area contributed by atoms with Crippen molar-refractivity contribution in [2.75, 3.05) is 0 Å². The summed E-state index contributed by atoms with van der Waals surface area (Å²) >= 11 is 0. The number of hydrogen-bond acceptors (Lipinski definition) is 2. The quantitative estimate of drug-likeness (QED) is 0.144. The molecule has 0 radical (unpaired) electrons. The van der Waals surface area contributed by atoms with Gasteiger partial charge in [-0.3, -0.25) is 9.97 Å². The van der Waals surface area contributed by atoms with Crippen molar-refractivity contribution >= 4 is 76.2 Å². The molecule has 0 saturated carbocycles. The van der Waals surface area contributed by atoms with Crippen molar-refractivity contribution in [3.8, 4) is 0 Å². The molecule has 6 aromatic heterocycles. The summed E-state index contributed by atoms with van der Waals surface area (Å²) in [5.74, 6) is 0. The smallest absolute Gasteiger partial charge is 0.0728 e. The lowest BCUT2D eigenvalue weighted by atomic mass is 9.76. The molecule has 4 heteroatoms. The third kappa shape index (κ3) is 4.58. The van der Waals surface area contributed by atoms with E-state index in [9.17, 15) is 0 Å². The molecule has 0 spiro atoms. The zero-order valence-electron chi connectivity index (χ0n) is 37.7. The van der Waals surface area contributed by atoms with Crippen LogP contribution in [0.25, 0.3) is 76.2 Å². The molecule has 2 aliphatic rings. The van der Waals surface area contributed by atoms with E-state index in [1.54, 1.807) is 0 Å². The van der Waals surface area contributed by atoms with E-state index in [2.05, 4.69) is 155 Å². The molecular formula is C54H62N4. The van der Waals surface area contributed by atoms with Gasteiger partial charge in [0.15, 0.2) is 0 Å². The second-order valence-electron chi connectivity index (χ2n) is 23.6. The summed E-state index contributed by atoms with van der Waals surface area (Å²) in [7, 11) is 0. The first kappa shape index (κ1) is 36.6. The first-order valence-electron chi connectivity index (χ1n) is 22.3. The first-order chi connectivity index (χ1) is 27.0. The Kier molecular flexibility index (Phi) is 6.84. The van der Waals surface area contributed by atoms with Crippen molar-refractivity contribution < 1.29 is 0 Å². The molecule has 3 aromatic carbocycles. The number of fused-ring (bicyclic) bond motifs is 16. The fourth-order valence-electron chi connectivity index (χ4n) is 12.2. The maximum absolute atomic E-state index is 5.46. The zero-order valence-corrected chi connectivity index (χ0v) is 37.7. The number of benzene rings is 3. The highest BCUT2D eigenvalue weighted by Crippen LogP contribution is 2.53. The van der Waals surface area contributed by atoms with Gasteiger partial charge in [-0.1, -0.05) is 110 Å². The van der Waals surface area contributed by atoms with Gasteiger partial charge in [0.1, 0.15) is 0 Å². The molecule has 4 nitrogen and oxygen atoms in total. The lowest BCUT2D eigenvalue weighted by molar-refractivity contribution is 0.430.